The molecule has 36 heavy (non-hydrogen) atoms. The summed E-state index contributed by atoms with van der Waals surface area (Å²) in [6.07, 6.45) is 0.369. The molecule has 0 spiro atoms. The standard InChI is InChI=1S/C28H28N2O6/c1-15-25(28(34)36-19-13-24(33)29-14-19)26(16-6-5-7-18(31)10-16)27-21(30-15)11-17(12-22(27)32)20-8-3-4-9-23(20)35-2/h3-10,17,19,26,30-31H,11-14H2,1-2H3,(H,29,33). The van der Waals surface area contributed by atoms with E-state index in [1.807, 2.05) is 24.3 Å². The second-order valence-electron chi connectivity index (χ2n) is 9.39. The Labute approximate surface area is 209 Å². The molecule has 186 valence electrons. The zero-order valence-corrected chi connectivity index (χ0v) is 20.2. The Morgan fingerprint density at radius 1 is 1.06 bits per heavy atom. The van der Waals surface area contributed by atoms with Gasteiger partial charge in [-0.1, -0.05) is 30.3 Å². The average Bonchev–Trinajstić information content (AvgIpc) is 3.27. The molecular formula is C28H28N2O6. The van der Waals surface area contributed by atoms with Crippen LogP contribution in [0.25, 0.3) is 0 Å². The molecule has 3 aliphatic rings. The number of para-hydroxylation sites is 1. The number of ether oxygens (including phenoxy) is 2. The van der Waals surface area contributed by atoms with Crippen LogP contribution in [0, 0.1) is 0 Å². The van der Waals surface area contributed by atoms with E-state index in [1.165, 1.54) is 0 Å². The Hall–Kier alpha value is -4.07. The second-order valence-corrected chi connectivity index (χ2v) is 9.39. The minimum atomic E-state index is -0.697. The van der Waals surface area contributed by atoms with Crippen LogP contribution < -0.4 is 15.4 Å². The van der Waals surface area contributed by atoms with Crippen LogP contribution in [0.1, 0.15) is 49.1 Å². The maximum absolute atomic E-state index is 13.7. The number of Topliss-reactive ketones (excluding diaryl/α,β-unsaturated/α-hetero) is 1. The van der Waals surface area contributed by atoms with Crippen LogP contribution in [0.3, 0.4) is 0 Å². The van der Waals surface area contributed by atoms with E-state index in [0.717, 1.165) is 17.0 Å². The molecule has 2 heterocycles. The van der Waals surface area contributed by atoms with E-state index in [0.29, 0.717) is 28.8 Å². The number of dihydropyridines is 1. The van der Waals surface area contributed by atoms with Gasteiger partial charge in [-0.25, -0.2) is 4.79 Å². The number of rotatable bonds is 5. The summed E-state index contributed by atoms with van der Waals surface area (Å²) in [6, 6.07) is 14.3. The number of nitrogens with one attached hydrogen (secondary N) is 2. The predicted octanol–water partition coefficient (Wildman–Crippen LogP) is 3.19. The minimum absolute atomic E-state index is 0.0410. The SMILES string of the molecule is COc1ccccc1C1CC(=O)C2=C(C1)NC(C)=C(C(=O)OC1CNC(=O)C1)C2c1cccc(O)c1. The Kier molecular flexibility index (Phi) is 6.26. The lowest BCUT2D eigenvalue weighted by molar-refractivity contribution is -0.144. The molecule has 3 unspecified atom stereocenters. The molecule has 2 aromatic carbocycles. The van der Waals surface area contributed by atoms with Crippen molar-refractivity contribution in [1.29, 1.82) is 0 Å². The molecule has 1 saturated heterocycles. The number of amides is 1. The first kappa shape index (κ1) is 23.7. The highest BCUT2D eigenvalue weighted by Gasteiger charge is 2.42. The fourth-order valence-electron chi connectivity index (χ4n) is 5.45. The highest BCUT2D eigenvalue weighted by Crippen LogP contribution is 2.47. The van der Waals surface area contributed by atoms with Crippen molar-refractivity contribution in [3.05, 3.63) is 82.2 Å². The van der Waals surface area contributed by atoms with Gasteiger partial charge >= 0.3 is 5.97 Å². The van der Waals surface area contributed by atoms with Gasteiger partial charge in [0.1, 0.15) is 17.6 Å². The number of benzene rings is 2. The number of carbonyl (C=O) groups is 3. The molecule has 0 radical (unpaired) electrons. The molecule has 3 N–H and O–H groups in total. The summed E-state index contributed by atoms with van der Waals surface area (Å²) < 4.78 is 11.2. The summed E-state index contributed by atoms with van der Waals surface area (Å²) >= 11 is 0. The molecule has 1 aliphatic carbocycles. The summed E-state index contributed by atoms with van der Waals surface area (Å²) in [7, 11) is 1.61. The first-order chi connectivity index (χ1) is 17.4. The highest BCUT2D eigenvalue weighted by molar-refractivity contribution is 6.04. The van der Waals surface area contributed by atoms with Crippen LogP contribution in [0.2, 0.25) is 0 Å². The number of carbonyl (C=O) groups excluding carboxylic acids is 3. The van der Waals surface area contributed by atoms with E-state index in [2.05, 4.69) is 10.6 Å². The smallest absolute Gasteiger partial charge is 0.337 e. The van der Waals surface area contributed by atoms with Crippen molar-refractivity contribution in [2.75, 3.05) is 13.7 Å². The van der Waals surface area contributed by atoms with Crippen LogP contribution in [-0.2, 0) is 19.1 Å². The van der Waals surface area contributed by atoms with Crippen LogP contribution in [0.15, 0.2) is 71.1 Å². The molecule has 0 aromatic heterocycles. The van der Waals surface area contributed by atoms with Crippen LogP contribution in [0.5, 0.6) is 11.5 Å². The minimum Gasteiger partial charge on any atom is -0.508 e. The lowest BCUT2D eigenvalue weighted by atomic mass is 9.71. The van der Waals surface area contributed by atoms with Gasteiger partial charge in [0.05, 0.1) is 25.6 Å². The van der Waals surface area contributed by atoms with Crippen molar-refractivity contribution in [3.63, 3.8) is 0 Å². The van der Waals surface area contributed by atoms with Crippen LogP contribution in [0.4, 0.5) is 0 Å². The quantitative estimate of drug-likeness (QED) is 0.554. The Balaban J connectivity index is 1.54. The van der Waals surface area contributed by atoms with E-state index in [9.17, 15) is 19.5 Å². The van der Waals surface area contributed by atoms with Crippen molar-refractivity contribution >= 4 is 17.7 Å². The Morgan fingerprint density at radius 3 is 2.58 bits per heavy atom. The first-order valence-electron chi connectivity index (χ1n) is 12.0. The molecule has 8 nitrogen and oxygen atoms in total. The van der Waals surface area contributed by atoms with Crippen LogP contribution >= 0.6 is 0 Å². The third-order valence-electron chi connectivity index (χ3n) is 7.04. The summed E-state index contributed by atoms with van der Waals surface area (Å²) in [6.45, 7) is 2.04. The molecule has 1 amide bonds. The van der Waals surface area contributed by atoms with Crippen molar-refractivity contribution in [2.24, 2.45) is 0 Å². The van der Waals surface area contributed by atoms with E-state index in [4.69, 9.17) is 9.47 Å². The van der Waals surface area contributed by atoms with Gasteiger partial charge in [0, 0.05) is 35.2 Å². The average molecular weight is 489 g/mol. The van der Waals surface area contributed by atoms with E-state index < -0.39 is 18.0 Å². The van der Waals surface area contributed by atoms with E-state index >= 15 is 0 Å². The number of ketones is 1. The van der Waals surface area contributed by atoms with Crippen molar-refractivity contribution in [2.45, 2.75) is 44.1 Å². The first-order valence-corrected chi connectivity index (χ1v) is 12.0. The summed E-state index contributed by atoms with van der Waals surface area (Å²) in [5.41, 5.74) is 3.73. The number of aromatic hydroxyl groups is 1. The molecule has 2 aliphatic heterocycles. The number of phenolic OH excluding ortho intramolecular Hbond substituents is 1. The zero-order valence-electron chi connectivity index (χ0n) is 20.2. The van der Waals surface area contributed by atoms with E-state index in [-0.39, 0.29) is 42.7 Å². The lowest BCUT2D eigenvalue weighted by Gasteiger charge is -2.37. The number of hydrogen-bond acceptors (Lipinski definition) is 7. The molecule has 0 bridgehead atoms. The number of phenols is 1. The second kappa shape index (κ2) is 9.53. The fraction of sp³-hybridized carbons (Fsp3) is 0.321. The number of allylic oxidation sites excluding steroid dienone is 3. The van der Waals surface area contributed by atoms with Crippen molar-refractivity contribution in [3.8, 4) is 11.5 Å². The highest BCUT2D eigenvalue weighted by atomic mass is 16.5. The third kappa shape index (κ3) is 4.34. The van der Waals surface area contributed by atoms with Crippen LogP contribution in [-0.4, -0.2) is 42.5 Å². The third-order valence-corrected chi connectivity index (χ3v) is 7.04. The fourth-order valence-corrected chi connectivity index (χ4v) is 5.45. The van der Waals surface area contributed by atoms with Gasteiger partial charge < -0.3 is 25.2 Å². The van der Waals surface area contributed by atoms with Gasteiger partial charge in [0.15, 0.2) is 5.78 Å². The van der Waals surface area contributed by atoms with Gasteiger partial charge in [-0.15, -0.1) is 0 Å². The Bertz CT molecular complexity index is 1310. The van der Waals surface area contributed by atoms with Gasteiger partial charge in [0.2, 0.25) is 5.91 Å². The van der Waals surface area contributed by atoms with Gasteiger partial charge in [-0.3, -0.25) is 9.59 Å². The van der Waals surface area contributed by atoms with Crippen molar-refractivity contribution < 1.29 is 29.0 Å². The number of methoxy groups -OCH3 is 1. The number of esters is 1. The summed E-state index contributed by atoms with van der Waals surface area (Å²) in [4.78, 5) is 38.7. The molecule has 5 rings (SSSR count). The van der Waals surface area contributed by atoms with Gasteiger partial charge in [-0.05, 0) is 42.7 Å². The molecule has 2 aromatic rings. The molecule has 0 saturated carbocycles. The largest absolute Gasteiger partial charge is 0.508 e. The van der Waals surface area contributed by atoms with E-state index in [1.54, 1.807) is 38.3 Å². The van der Waals surface area contributed by atoms with Gasteiger partial charge in [-0.2, -0.15) is 0 Å². The normalized spacial score (nSPS) is 23.7. The predicted molar refractivity (Wildman–Crippen MR) is 131 cm³/mol. The molecule has 8 heteroatoms. The summed E-state index contributed by atoms with van der Waals surface area (Å²) in [5, 5.41) is 16.2. The Morgan fingerprint density at radius 2 is 1.86 bits per heavy atom. The lowest BCUT2D eigenvalue weighted by Crippen LogP contribution is -2.37. The zero-order chi connectivity index (χ0) is 25.4. The number of hydrogen-bond donors (Lipinski definition) is 3. The molecule has 1 fully saturated rings. The topological polar surface area (TPSA) is 114 Å². The monoisotopic (exact) mass is 488 g/mol. The maximum Gasteiger partial charge on any atom is 0.337 e. The summed E-state index contributed by atoms with van der Waals surface area (Å²) in [5.74, 6) is -0.835. The maximum atomic E-state index is 13.7. The van der Waals surface area contributed by atoms with Gasteiger partial charge in [0.25, 0.3) is 0 Å². The molecular weight excluding hydrogens is 460 g/mol. The van der Waals surface area contributed by atoms with Crippen molar-refractivity contribution in [1.82, 2.24) is 10.6 Å². The molecule has 3 atom stereocenters.